The first-order chi connectivity index (χ1) is 19.8. The molecule has 2 saturated heterocycles. The third kappa shape index (κ3) is 13.7. The number of hydrogen-bond acceptors (Lipinski definition) is 7. The van der Waals surface area contributed by atoms with Gasteiger partial charge >= 0.3 is 36.4 Å². The number of alkyl halides is 9. The second kappa shape index (κ2) is 16.4. The van der Waals surface area contributed by atoms with Crippen LogP contribution >= 0.6 is 0 Å². The van der Waals surface area contributed by atoms with Crippen molar-refractivity contribution in [1.82, 2.24) is 19.7 Å². The van der Waals surface area contributed by atoms with Gasteiger partial charge in [-0.05, 0) is 38.1 Å². The highest BCUT2D eigenvalue weighted by Crippen LogP contribution is 2.44. The van der Waals surface area contributed by atoms with Gasteiger partial charge in [-0.1, -0.05) is 13.0 Å². The number of aromatic nitrogens is 1. The van der Waals surface area contributed by atoms with Crippen LogP contribution in [-0.2, 0) is 25.7 Å². The summed E-state index contributed by atoms with van der Waals surface area (Å²) >= 11 is 0. The monoisotopic (exact) mass is 658 g/mol. The summed E-state index contributed by atoms with van der Waals surface area (Å²) in [6, 6.07) is 4.09. The fourth-order valence-corrected chi connectivity index (χ4v) is 4.05. The van der Waals surface area contributed by atoms with Crippen LogP contribution in [0, 0.1) is 11.3 Å². The average molecular weight is 659 g/mol. The number of carboxylic acid groups (broad SMARTS) is 3. The van der Waals surface area contributed by atoms with E-state index in [1.54, 1.807) is 6.20 Å². The van der Waals surface area contributed by atoms with Crippen molar-refractivity contribution in [2.75, 3.05) is 46.8 Å². The smallest absolute Gasteiger partial charge is 0.475 e. The van der Waals surface area contributed by atoms with Gasteiger partial charge in [-0.25, -0.2) is 14.4 Å². The lowest BCUT2D eigenvalue weighted by Gasteiger charge is -2.27. The molecule has 0 radical (unpaired) electrons. The van der Waals surface area contributed by atoms with Crippen molar-refractivity contribution in [3.8, 4) is 0 Å². The number of amides is 1. The molecule has 1 aromatic heterocycles. The number of carbonyl (C=O) groups is 4. The third-order valence-electron chi connectivity index (χ3n) is 6.20. The van der Waals surface area contributed by atoms with Gasteiger partial charge in [0.2, 0.25) is 5.91 Å². The number of rotatable bonds is 5. The van der Waals surface area contributed by atoms with E-state index >= 15 is 0 Å². The van der Waals surface area contributed by atoms with Crippen LogP contribution in [0.15, 0.2) is 24.5 Å². The van der Waals surface area contributed by atoms with E-state index in [-0.39, 0.29) is 5.41 Å². The summed E-state index contributed by atoms with van der Waals surface area (Å²) in [4.78, 5) is 50.5. The van der Waals surface area contributed by atoms with Crippen LogP contribution in [0.25, 0.3) is 0 Å². The van der Waals surface area contributed by atoms with Gasteiger partial charge in [0.15, 0.2) is 0 Å². The van der Waals surface area contributed by atoms with E-state index in [1.165, 1.54) is 5.56 Å². The fraction of sp³-hybridized carbons (Fsp3) is 0.625. The van der Waals surface area contributed by atoms with E-state index < -0.39 is 36.4 Å². The molecule has 44 heavy (non-hydrogen) atoms. The third-order valence-corrected chi connectivity index (χ3v) is 6.20. The Morgan fingerprint density at radius 1 is 0.955 bits per heavy atom. The topological polar surface area (TPSA) is 152 Å². The fourth-order valence-electron chi connectivity index (χ4n) is 4.05. The number of likely N-dealkylation sites (N-methyl/N-ethyl adjacent to an activating group) is 1. The summed E-state index contributed by atoms with van der Waals surface area (Å²) in [6.45, 7) is 7.74. The highest BCUT2D eigenvalue weighted by molar-refractivity contribution is 5.86. The quantitative estimate of drug-likeness (QED) is 0.403. The second-order valence-electron chi connectivity index (χ2n) is 9.84. The number of nitrogens with zero attached hydrogens (tertiary/aromatic N) is 4. The SMILES string of the molecule is C[C@@H]1CN(Cc2cccnc2)C[C@]12CCN(CCN(C)C)C2=O.O=C(O)C(F)(F)F.O=C(O)C(F)(F)F.O=C(O)C(F)(F)F. The maximum atomic E-state index is 13.0. The molecule has 0 unspecified atom stereocenters. The van der Waals surface area contributed by atoms with Crippen LogP contribution in [0.3, 0.4) is 0 Å². The molecule has 2 atom stereocenters. The molecular formula is C24H31F9N4O7. The van der Waals surface area contributed by atoms with Crippen LogP contribution in [0.5, 0.6) is 0 Å². The zero-order valence-electron chi connectivity index (χ0n) is 23.5. The van der Waals surface area contributed by atoms with Crippen molar-refractivity contribution in [2.45, 2.75) is 38.4 Å². The predicted molar refractivity (Wildman–Crippen MR) is 132 cm³/mol. The van der Waals surface area contributed by atoms with Crippen molar-refractivity contribution in [3.05, 3.63) is 30.1 Å². The summed E-state index contributed by atoms with van der Waals surface area (Å²) in [5.74, 6) is -7.47. The molecule has 0 saturated carbocycles. The van der Waals surface area contributed by atoms with E-state index in [2.05, 4.69) is 46.8 Å². The molecule has 2 aliphatic rings. The zero-order chi connectivity index (χ0) is 34.7. The van der Waals surface area contributed by atoms with Crippen LogP contribution in [0.2, 0.25) is 0 Å². The summed E-state index contributed by atoms with van der Waals surface area (Å²) in [5, 5.41) is 21.4. The van der Waals surface area contributed by atoms with Crippen LogP contribution in [0.4, 0.5) is 39.5 Å². The first-order valence-corrected chi connectivity index (χ1v) is 12.3. The van der Waals surface area contributed by atoms with E-state index in [4.69, 9.17) is 29.7 Å². The standard InChI is InChI=1S/C18H28N4O.3C2HF3O2/c1-15-12-21(13-16-5-4-7-19-11-16)14-18(15)6-8-22(17(18)23)10-9-20(2)3;3*3-2(4,5)1(6)7/h4-5,7,11,15H,6,8-10,12-14H2,1-3H3;3*(H,6,7)/t15-,18-;;;/m1.../s1. The maximum absolute atomic E-state index is 13.0. The van der Waals surface area contributed by atoms with Gasteiger partial charge in [0.1, 0.15) is 0 Å². The van der Waals surface area contributed by atoms with Crippen molar-refractivity contribution in [3.63, 3.8) is 0 Å². The van der Waals surface area contributed by atoms with E-state index in [0.29, 0.717) is 11.8 Å². The van der Waals surface area contributed by atoms with E-state index in [9.17, 15) is 44.3 Å². The molecule has 2 aliphatic heterocycles. The van der Waals surface area contributed by atoms with Gasteiger partial charge in [-0.2, -0.15) is 39.5 Å². The highest BCUT2D eigenvalue weighted by Gasteiger charge is 2.54. The lowest BCUT2D eigenvalue weighted by molar-refractivity contribution is -0.193. The number of carboxylic acids is 3. The van der Waals surface area contributed by atoms with Crippen molar-refractivity contribution in [1.29, 1.82) is 0 Å². The molecule has 0 aliphatic carbocycles. The lowest BCUT2D eigenvalue weighted by atomic mass is 9.78. The number of hydrogen-bond donors (Lipinski definition) is 3. The molecule has 1 amide bonds. The maximum Gasteiger partial charge on any atom is 0.490 e. The van der Waals surface area contributed by atoms with Gasteiger partial charge < -0.3 is 25.1 Å². The molecule has 252 valence electrons. The molecule has 1 aromatic rings. The molecule has 11 nitrogen and oxygen atoms in total. The molecule has 3 rings (SSSR count). The Morgan fingerprint density at radius 3 is 1.77 bits per heavy atom. The molecule has 0 aromatic carbocycles. The molecule has 20 heteroatoms. The van der Waals surface area contributed by atoms with Gasteiger partial charge in [0.25, 0.3) is 0 Å². The minimum atomic E-state index is -5.08. The van der Waals surface area contributed by atoms with Gasteiger partial charge in [0, 0.05) is 51.7 Å². The normalized spacial score (nSPS) is 20.2. The number of pyridine rings is 1. The summed E-state index contributed by atoms with van der Waals surface area (Å²) in [6.07, 6.45) is -10.5. The number of aliphatic carboxylic acids is 3. The number of halogens is 9. The predicted octanol–water partition coefficient (Wildman–Crippen LogP) is 3.21. The van der Waals surface area contributed by atoms with Crippen LogP contribution in [0.1, 0.15) is 18.9 Å². The van der Waals surface area contributed by atoms with E-state index in [0.717, 1.165) is 45.7 Å². The Bertz CT molecular complexity index is 1040. The molecule has 3 heterocycles. The van der Waals surface area contributed by atoms with Crippen molar-refractivity contribution < 1.29 is 74.0 Å². The van der Waals surface area contributed by atoms with Crippen molar-refractivity contribution >= 4 is 23.8 Å². The summed E-state index contributed by atoms with van der Waals surface area (Å²) in [7, 11) is 4.12. The molecular weight excluding hydrogens is 627 g/mol. The summed E-state index contributed by atoms with van der Waals surface area (Å²) in [5.41, 5.74) is 1.07. The first-order valence-electron chi connectivity index (χ1n) is 12.3. The zero-order valence-corrected chi connectivity index (χ0v) is 23.5. The highest BCUT2D eigenvalue weighted by atomic mass is 19.4. The largest absolute Gasteiger partial charge is 0.490 e. The first kappa shape index (κ1) is 40.3. The molecule has 3 N–H and O–H groups in total. The van der Waals surface area contributed by atoms with Crippen molar-refractivity contribution in [2.24, 2.45) is 11.3 Å². The number of likely N-dealkylation sites (tertiary alicyclic amines) is 2. The Morgan fingerprint density at radius 2 is 1.41 bits per heavy atom. The second-order valence-corrected chi connectivity index (χ2v) is 9.84. The Hall–Kier alpha value is -3.68. The lowest BCUT2D eigenvalue weighted by Crippen LogP contribution is -2.41. The van der Waals surface area contributed by atoms with Gasteiger partial charge in [-0.15, -0.1) is 0 Å². The Labute approximate surface area is 244 Å². The van der Waals surface area contributed by atoms with E-state index in [1.807, 2.05) is 12.3 Å². The van der Waals surface area contributed by atoms with Gasteiger partial charge in [-0.3, -0.25) is 14.7 Å². The summed E-state index contributed by atoms with van der Waals surface area (Å²) < 4.78 is 95.2. The van der Waals surface area contributed by atoms with Gasteiger partial charge in [0.05, 0.1) is 5.41 Å². The minimum Gasteiger partial charge on any atom is -0.475 e. The average Bonchev–Trinajstić information content (AvgIpc) is 3.36. The molecule has 0 bridgehead atoms. The Balaban J connectivity index is 0.000000721. The Kier molecular flexibility index (Phi) is 15.0. The number of carbonyl (C=O) groups excluding carboxylic acids is 1. The minimum absolute atomic E-state index is 0.158. The van der Waals surface area contributed by atoms with Crippen LogP contribution < -0.4 is 0 Å². The molecule has 1 spiro atoms. The van der Waals surface area contributed by atoms with Crippen LogP contribution in [-0.4, -0.2) is 124 Å². The molecule has 2 fully saturated rings.